The van der Waals surface area contributed by atoms with Crippen LogP contribution in [-0.2, 0) is 0 Å². The molecule has 0 bridgehead atoms. The summed E-state index contributed by atoms with van der Waals surface area (Å²) in [5.74, 6) is -0.129. The van der Waals surface area contributed by atoms with E-state index in [0.29, 0.717) is 16.3 Å². The predicted molar refractivity (Wildman–Crippen MR) is 83.5 cm³/mol. The van der Waals surface area contributed by atoms with E-state index >= 15 is 0 Å². The normalized spacial score (nSPS) is 13.7. The fraction of sp³-hybridized carbons (Fsp3) is 0.333. The average Bonchev–Trinajstić information content (AvgIpc) is 2.57. The van der Waals surface area contributed by atoms with E-state index in [-0.39, 0.29) is 11.6 Å². The number of benzene rings is 1. The monoisotopic (exact) mass is 315 g/mol. The van der Waals surface area contributed by atoms with Crippen molar-refractivity contribution in [1.29, 1.82) is 10.5 Å². The smallest absolute Gasteiger partial charge is 0.256 e. The van der Waals surface area contributed by atoms with Crippen LogP contribution in [0.5, 0.6) is 0 Å². The lowest BCUT2D eigenvalue weighted by Crippen LogP contribution is -2.35. The van der Waals surface area contributed by atoms with Crippen LogP contribution in [0.2, 0.25) is 5.02 Å². The third-order valence-electron chi connectivity index (χ3n) is 3.36. The highest BCUT2D eigenvalue weighted by Crippen LogP contribution is 2.24. The van der Waals surface area contributed by atoms with Gasteiger partial charge in [-0.15, -0.1) is 0 Å². The summed E-state index contributed by atoms with van der Waals surface area (Å²) in [5, 5.41) is 21.5. The summed E-state index contributed by atoms with van der Waals surface area (Å²) in [6.45, 7) is 1.44. The molecule has 22 heavy (non-hydrogen) atoms. The molecule has 1 saturated heterocycles. The molecular formula is C15H14ClN5O. The van der Waals surface area contributed by atoms with E-state index in [1.54, 1.807) is 35.2 Å². The number of hydrogen-bond acceptors (Lipinski definition) is 5. The average molecular weight is 316 g/mol. The van der Waals surface area contributed by atoms with Gasteiger partial charge in [-0.3, -0.25) is 10.2 Å². The van der Waals surface area contributed by atoms with Crippen LogP contribution in [0.15, 0.2) is 23.3 Å². The van der Waals surface area contributed by atoms with Crippen LogP contribution < -0.4 is 5.43 Å². The maximum atomic E-state index is 12.6. The summed E-state index contributed by atoms with van der Waals surface area (Å²) < 4.78 is 0. The minimum absolute atomic E-state index is 0.129. The fourth-order valence-electron chi connectivity index (χ4n) is 2.25. The first kappa shape index (κ1) is 15.8. The molecule has 1 N–H and O–H groups in total. The molecule has 6 nitrogen and oxygen atoms in total. The molecule has 0 spiro atoms. The summed E-state index contributed by atoms with van der Waals surface area (Å²) >= 11 is 5.98. The minimum Gasteiger partial charge on any atom is -0.339 e. The van der Waals surface area contributed by atoms with E-state index in [1.165, 1.54) is 0 Å². The number of nitrogens with zero attached hydrogens (tertiary/aromatic N) is 4. The molecule has 1 fully saturated rings. The standard InChI is InChI=1S/C15H14ClN5O/c16-11-4-5-14(20-19-12(9-17)10-18)13(8-11)15(22)21-6-2-1-3-7-21/h4-5,8,20H,1-3,6-7H2. The molecule has 2 rings (SSSR count). The number of anilines is 1. The van der Waals surface area contributed by atoms with Crippen molar-refractivity contribution in [3.63, 3.8) is 0 Å². The van der Waals surface area contributed by atoms with E-state index in [9.17, 15) is 4.79 Å². The SMILES string of the molecule is N#CC(C#N)=NNc1ccc(Cl)cc1C(=O)N1CCCCC1. The van der Waals surface area contributed by atoms with E-state index in [0.717, 1.165) is 32.4 Å². The Morgan fingerprint density at radius 1 is 1.23 bits per heavy atom. The summed E-state index contributed by atoms with van der Waals surface area (Å²) in [6, 6.07) is 8.09. The molecule has 0 atom stereocenters. The number of likely N-dealkylation sites (tertiary alicyclic amines) is 1. The Kier molecular flexibility index (Phi) is 5.35. The lowest BCUT2D eigenvalue weighted by Gasteiger charge is -2.27. The van der Waals surface area contributed by atoms with Gasteiger partial charge >= 0.3 is 0 Å². The third kappa shape index (κ3) is 3.75. The molecule has 1 heterocycles. The van der Waals surface area contributed by atoms with Gasteiger partial charge in [0, 0.05) is 18.1 Å². The highest BCUT2D eigenvalue weighted by Gasteiger charge is 2.21. The number of piperidine rings is 1. The quantitative estimate of drug-likeness (QED) is 0.685. The first-order chi connectivity index (χ1) is 10.7. The van der Waals surface area contributed by atoms with Crippen LogP contribution in [-0.4, -0.2) is 29.6 Å². The zero-order valence-corrected chi connectivity index (χ0v) is 12.6. The number of rotatable bonds is 3. The van der Waals surface area contributed by atoms with Crippen molar-refractivity contribution in [1.82, 2.24) is 4.90 Å². The third-order valence-corrected chi connectivity index (χ3v) is 3.59. The second-order valence-electron chi connectivity index (χ2n) is 4.84. The van der Waals surface area contributed by atoms with Gasteiger partial charge in [-0.2, -0.15) is 15.6 Å². The molecule has 1 aliphatic heterocycles. The van der Waals surface area contributed by atoms with Gasteiger partial charge in [0.15, 0.2) is 0 Å². The van der Waals surface area contributed by atoms with Gasteiger partial charge in [0.2, 0.25) is 5.71 Å². The topological polar surface area (TPSA) is 92.3 Å². The van der Waals surface area contributed by atoms with Crippen molar-refractivity contribution in [2.45, 2.75) is 19.3 Å². The van der Waals surface area contributed by atoms with Gasteiger partial charge in [-0.05, 0) is 37.5 Å². The summed E-state index contributed by atoms with van der Waals surface area (Å²) in [4.78, 5) is 14.4. The lowest BCUT2D eigenvalue weighted by molar-refractivity contribution is 0.0725. The Bertz CT molecular complexity index is 664. The molecule has 7 heteroatoms. The van der Waals surface area contributed by atoms with Crippen LogP contribution in [0.3, 0.4) is 0 Å². The van der Waals surface area contributed by atoms with Gasteiger partial charge in [0.25, 0.3) is 5.91 Å². The molecule has 0 aliphatic carbocycles. The first-order valence-electron chi connectivity index (χ1n) is 6.88. The number of halogens is 1. The number of nitrogens with one attached hydrogen (secondary N) is 1. The number of amides is 1. The maximum Gasteiger partial charge on any atom is 0.256 e. The second kappa shape index (κ2) is 7.44. The van der Waals surface area contributed by atoms with Crippen molar-refractivity contribution >= 4 is 28.9 Å². The molecule has 1 aromatic carbocycles. The van der Waals surface area contributed by atoms with Crippen LogP contribution in [0.25, 0.3) is 0 Å². The van der Waals surface area contributed by atoms with E-state index in [4.69, 9.17) is 22.1 Å². The predicted octanol–water partition coefficient (Wildman–Crippen LogP) is 2.78. The van der Waals surface area contributed by atoms with Crippen LogP contribution in [0.1, 0.15) is 29.6 Å². The Morgan fingerprint density at radius 3 is 2.55 bits per heavy atom. The van der Waals surface area contributed by atoms with Gasteiger partial charge in [-0.1, -0.05) is 11.6 Å². The summed E-state index contributed by atoms with van der Waals surface area (Å²) in [7, 11) is 0. The largest absolute Gasteiger partial charge is 0.339 e. The van der Waals surface area contributed by atoms with Gasteiger partial charge in [-0.25, -0.2) is 0 Å². The van der Waals surface area contributed by atoms with E-state index in [1.807, 2.05) is 0 Å². The minimum atomic E-state index is -0.314. The van der Waals surface area contributed by atoms with Crippen molar-refractivity contribution < 1.29 is 4.79 Å². The number of hydrazone groups is 1. The molecule has 1 aliphatic rings. The Morgan fingerprint density at radius 2 is 1.91 bits per heavy atom. The summed E-state index contributed by atoms with van der Waals surface area (Å²) in [6.07, 6.45) is 3.10. The molecular weight excluding hydrogens is 302 g/mol. The molecule has 0 radical (unpaired) electrons. The number of nitriles is 2. The Hall–Kier alpha value is -2.57. The van der Waals surface area contributed by atoms with E-state index < -0.39 is 0 Å². The Labute approximate surface area is 133 Å². The van der Waals surface area contributed by atoms with Crippen LogP contribution in [0, 0.1) is 22.7 Å². The van der Waals surface area contributed by atoms with Crippen LogP contribution in [0.4, 0.5) is 5.69 Å². The van der Waals surface area contributed by atoms with Gasteiger partial charge in [0.1, 0.15) is 12.1 Å². The first-order valence-corrected chi connectivity index (χ1v) is 7.26. The van der Waals surface area contributed by atoms with Gasteiger partial charge < -0.3 is 4.90 Å². The number of carbonyl (C=O) groups is 1. The van der Waals surface area contributed by atoms with E-state index in [2.05, 4.69) is 10.5 Å². The van der Waals surface area contributed by atoms with Crippen molar-refractivity contribution in [2.75, 3.05) is 18.5 Å². The summed E-state index contributed by atoms with van der Waals surface area (Å²) in [5.41, 5.74) is 3.09. The molecule has 0 aromatic heterocycles. The molecule has 112 valence electrons. The number of hydrogen-bond donors (Lipinski definition) is 1. The molecule has 1 aromatic rings. The Balaban J connectivity index is 2.28. The van der Waals surface area contributed by atoms with Crippen molar-refractivity contribution in [3.8, 4) is 12.1 Å². The van der Waals surface area contributed by atoms with Crippen molar-refractivity contribution in [3.05, 3.63) is 28.8 Å². The second-order valence-corrected chi connectivity index (χ2v) is 5.28. The molecule has 0 saturated carbocycles. The molecule has 0 unspecified atom stereocenters. The van der Waals surface area contributed by atoms with Gasteiger partial charge in [0.05, 0.1) is 11.3 Å². The fourth-order valence-corrected chi connectivity index (χ4v) is 2.42. The van der Waals surface area contributed by atoms with Crippen molar-refractivity contribution in [2.24, 2.45) is 5.10 Å². The maximum absolute atomic E-state index is 12.6. The highest BCUT2D eigenvalue weighted by molar-refractivity contribution is 6.31. The number of carbonyl (C=O) groups excluding carboxylic acids is 1. The molecule has 1 amide bonds. The lowest BCUT2D eigenvalue weighted by atomic mass is 10.1. The highest BCUT2D eigenvalue weighted by atomic mass is 35.5. The van der Waals surface area contributed by atoms with Crippen LogP contribution >= 0.6 is 11.6 Å². The zero-order valence-electron chi connectivity index (χ0n) is 11.8. The zero-order chi connectivity index (χ0) is 15.9.